The molecule has 76 heavy (non-hydrogen) atoms. The van der Waals surface area contributed by atoms with Crippen molar-refractivity contribution in [1.29, 1.82) is 0 Å². The molecule has 0 radical (unpaired) electrons. The molecule has 18 heteroatoms. The van der Waals surface area contributed by atoms with Crippen LogP contribution in [0.5, 0.6) is 23.0 Å². The summed E-state index contributed by atoms with van der Waals surface area (Å²) in [7, 11) is 0. The number of carbonyl (C=O) groups is 2. The van der Waals surface area contributed by atoms with Crippen molar-refractivity contribution in [2.24, 2.45) is 5.92 Å². The molecule has 5 N–H and O–H groups in total. The van der Waals surface area contributed by atoms with E-state index in [0.29, 0.717) is 87.7 Å². The van der Waals surface area contributed by atoms with Crippen molar-refractivity contribution in [2.45, 2.75) is 127 Å². The van der Waals surface area contributed by atoms with Crippen LogP contribution >= 0.6 is 0 Å². The highest BCUT2D eigenvalue weighted by Gasteiger charge is 2.72. The Morgan fingerprint density at radius 3 is 2.43 bits per heavy atom. The number of piperidine rings is 1. The lowest BCUT2D eigenvalue weighted by molar-refractivity contribution is -0.174. The zero-order valence-corrected chi connectivity index (χ0v) is 44.1. The van der Waals surface area contributed by atoms with Crippen LogP contribution in [0.2, 0.25) is 0 Å². The number of benzene rings is 3. The number of hydrogen-bond acceptors (Lipinski definition) is 15. The average Bonchev–Trinajstić information content (AvgIpc) is 3.85. The predicted octanol–water partition coefficient (Wildman–Crippen LogP) is 7.54. The van der Waals surface area contributed by atoms with Gasteiger partial charge in [0.2, 0.25) is 0 Å². The van der Waals surface area contributed by atoms with E-state index in [1.165, 1.54) is 30.0 Å². The highest BCUT2D eigenvalue weighted by molar-refractivity contribution is 5.92. The van der Waals surface area contributed by atoms with Gasteiger partial charge in [-0.1, -0.05) is 30.7 Å². The van der Waals surface area contributed by atoms with Gasteiger partial charge in [0.15, 0.2) is 11.5 Å². The van der Waals surface area contributed by atoms with Crippen LogP contribution in [-0.4, -0.2) is 136 Å². The van der Waals surface area contributed by atoms with Crippen LogP contribution in [0.15, 0.2) is 72.9 Å². The number of anilines is 1. The largest absolute Gasteiger partial charge is 0.493 e. The summed E-state index contributed by atoms with van der Waals surface area (Å²) in [5, 5.41) is 44.8. The molecule has 2 aromatic heterocycles. The second-order valence-electron chi connectivity index (χ2n) is 21.3. The van der Waals surface area contributed by atoms with E-state index >= 15 is 0 Å². The SMILES string of the molecule is C=C1CC[C@@]2(O)C3Cc4ccc(OC(=O)c5ccc(NCc6cn(CCOCCOCCNCCCCCCOc7cc(OCCCc8c(C)n[nH]c8C)cc(C(=O)O)c7)nn6)cc5)c5c4[C@@]2(CCN3CC2CC2)[C@H]1O5. The number of aryl methyl sites for hydroxylation is 2. The number of aromatic carboxylic acids is 1. The Balaban J connectivity index is 0.561. The lowest BCUT2D eigenvalue weighted by atomic mass is 9.48. The molecule has 1 spiro atoms. The van der Waals surface area contributed by atoms with E-state index in [4.69, 9.17) is 28.4 Å². The first-order chi connectivity index (χ1) is 37.0. The molecule has 406 valence electrons. The van der Waals surface area contributed by atoms with Crippen LogP contribution in [0, 0.1) is 19.8 Å². The zero-order chi connectivity index (χ0) is 52.7. The third-order valence-electron chi connectivity index (χ3n) is 16.1. The molecule has 1 saturated heterocycles. The molecular formula is C58H74N8O10. The highest BCUT2D eigenvalue weighted by atomic mass is 16.6. The number of H-pyrrole nitrogens is 1. The summed E-state index contributed by atoms with van der Waals surface area (Å²) in [6.45, 7) is 16.1. The summed E-state index contributed by atoms with van der Waals surface area (Å²) in [6, 6.07) is 16.0. The van der Waals surface area contributed by atoms with Gasteiger partial charge < -0.3 is 49.3 Å². The van der Waals surface area contributed by atoms with Gasteiger partial charge in [0.1, 0.15) is 23.3 Å². The number of carboxylic acids is 1. The van der Waals surface area contributed by atoms with Crippen molar-refractivity contribution in [3.63, 3.8) is 0 Å². The van der Waals surface area contributed by atoms with E-state index in [2.05, 4.69) is 48.7 Å². The number of ether oxygens (including phenoxy) is 6. The number of rotatable bonds is 30. The first kappa shape index (κ1) is 53.1. The summed E-state index contributed by atoms with van der Waals surface area (Å²) in [5.74, 6) is 1.22. The fraction of sp³-hybridized carbons (Fsp3) is 0.534. The summed E-state index contributed by atoms with van der Waals surface area (Å²) in [5.41, 5.74) is 7.10. The fourth-order valence-corrected chi connectivity index (χ4v) is 12.0. The Morgan fingerprint density at radius 1 is 0.895 bits per heavy atom. The minimum absolute atomic E-state index is 0.0440. The Labute approximate surface area is 444 Å². The number of carbonyl (C=O) groups excluding carboxylic acids is 1. The number of aromatic amines is 1. The molecule has 3 aliphatic carbocycles. The lowest BCUT2D eigenvalue weighted by Crippen LogP contribution is -2.75. The number of hydrogen-bond donors (Lipinski definition) is 5. The number of carboxylic acid groups (broad SMARTS) is 1. The van der Waals surface area contributed by atoms with Crippen molar-refractivity contribution in [1.82, 2.24) is 35.4 Å². The molecule has 10 rings (SSSR count). The quantitative estimate of drug-likeness (QED) is 0.0130. The molecule has 3 aromatic carbocycles. The predicted molar refractivity (Wildman–Crippen MR) is 285 cm³/mol. The van der Waals surface area contributed by atoms with Crippen molar-refractivity contribution in [3.8, 4) is 23.0 Å². The first-order valence-corrected chi connectivity index (χ1v) is 27.4. The number of nitrogens with one attached hydrogen (secondary N) is 3. The normalized spacial score (nSPS) is 21.3. The maximum atomic E-state index is 13.6. The second-order valence-corrected chi connectivity index (χ2v) is 21.3. The van der Waals surface area contributed by atoms with Crippen LogP contribution in [0.4, 0.5) is 5.69 Å². The molecule has 2 bridgehead atoms. The van der Waals surface area contributed by atoms with Crippen LogP contribution in [0.25, 0.3) is 0 Å². The molecule has 3 fully saturated rings. The topological polar surface area (TPSA) is 217 Å². The van der Waals surface area contributed by atoms with Crippen molar-refractivity contribution in [3.05, 3.63) is 118 Å². The third-order valence-corrected chi connectivity index (χ3v) is 16.1. The molecule has 2 aliphatic heterocycles. The molecule has 4 heterocycles. The smallest absolute Gasteiger partial charge is 0.343 e. The van der Waals surface area contributed by atoms with E-state index in [1.807, 2.05) is 38.2 Å². The van der Waals surface area contributed by atoms with Gasteiger partial charge in [-0.15, -0.1) is 5.10 Å². The number of aliphatic hydroxyl groups is 1. The number of unbranched alkanes of at least 4 members (excludes halogenated alkanes) is 3. The number of aromatic nitrogens is 5. The van der Waals surface area contributed by atoms with Gasteiger partial charge >= 0.3 is 11.9 Å². The fourth-order valence-electron chi connectivity index (χ4n) is 12.0. The van der Waals surface area contributed by atoms with Crippen molar-refractivity contribution < 1.29 is 48.2 Å². The Morgan fingerprint density at radius 2 is 1.67 bits per heavy atom. The molecule has 5 aromatic rings. The molecule has 2 saturated carbocycles. The summed E-state index contributed by atoms with van der Waals surface area (Å²) < 4.78 is 37.9. The maximum absolute atomic E-state index is 13.6. The van der Waals surface area contributed by atoms with E-state index in [-0.39, 0.29) is 17.7 Å². The molecule has 5 aliphatic rings. The van der Waals surface area contributed by atoms with E-state index in [0.717, 1.165) is 124 Å². The lowest BCUT2D eigenvalue weighted by Gasteiger charge is -2.63. The number of nitrogens with zero attached hydrogens (tertiary/aromatic N) is 5. The van der Waals surface area contributed by atoms with Gasteiger partial charge in [-0.3, -0.25) is 10.00 Å². The molecule has 4 atom stereocenters. The van der Waals surface area contributed by atoms with Crippen LogP contribution < -0.4 is 29.6 Å². The van der Waals surface area contributed by atoms with E-state index in [1.54, 1.807) is 28.9 Å². The van der Waals surface area contributed by atoms with Crippen molar-refractivity contribution >= 4 is 17.6 Å². The summed E-state index contributed by atoms with van der Waals surface area (Å²) >= 11 is 0. The number of likely N-dealkylation sites (tertiary alicyclic amines) is 1. The van der Waals surface area contributed by atoms with Crippen LogP contribution in [0.3, 0.4) is 0 Å². The highest BCUT2D eigenvalue weighted by Crippen LogP contribution is 2.66. The van der Waals surface area contributed by atoms with E-state index < -0.39 is 23.0 Å². The standard InChI is InChI=1S/C58H74N8O10/c1-38-18-19-58(70)51-33-43-14-17-50(53-52(43)57(58,54(38)76-53)20-23-65(51)36-41-10-11-41)75-56(69)42-12-15-45(16-13-42)60-35-46-37-66(64-63-46)24-28-72-30-29-71-27-22-59-21-6-4-5-7-25-73-47-31-44(55(67)68)32-48(34-47)74-26-8-9-49-39(2)61-62-40(49)3/h12-17,31-32,34,37,41,51,54,59-60,70H,1,4-11,18-30,33,35-36H2,2-3H3,(H,61,62)(H,67,68)/t51?,54-,57-,58+/m0/s1. The monoisotopic (exact) mass is 1040 g/mol. The van der Waals surface area contributed by atoms with Gasteiger partial charge in [-0.25, -0.2) is 14.3 Å². The van der Waals surface area contributed by atoms with Gasteiger partial charge in [-0.2, -0.15) is 5.10 Å². The van der Waals surface area contributed by atoms with Gasteiger partial charge in [-0.05, 0) is 156 Å². The van der Waals surface area contributed by atoms with Gasteiger partial charge in [0.05, 0.1) is 86.8 Å². The Hall–Kier alpha value is -6.31. The van der Waals surface area contributed by atoms with Crippen LogP contribution in [0.1, 0.15) is 119 Å². The zero-order valence-electron chi connectivity index (χ0n) is 44.1. The summed E-state index contributed by atoms with van der Waals surface area (Å²) in [4.78, 5) is 27.9. The van der Waals surface area contributed by atoms with Crippen LogP contribution in [-0.2, 0) is 40.8 Å². The first-order valence-electron chi connectivity index (χ1n) is 27.4. The van der Waals surface area contributed by atoms with Gasteiger partial charge in [0, 0.05) is 42.1 Å². The Bertz CT molecular complexity index is 2810. The summed E-state index contributed by atoms with van der Waals surface area (Å²) in [6.07, 6.45) is 12.6. The molecular weight excluding hydrogens is 969 g/mol. The second kappa shape index (κ2) is 23.9. The number of esters is 1. The minimum atomic E-state index is -1.02. The van der Waals surface area contributed by atoms with Crippen molar-refractivity contribution in [2.75, 3.05) is 71.1 Å². The Kier molecular flexibility index (Phi) is 16.7. The maximum Gasteiger partial charge on any atom is 0.343 e. The molecule has 18 nitrogen and oxygen atoms in total. The molecule has 1 unspecified atom stereocenters. The third kappa shape index (κ3) is 11.8. The molecule has 0 amide bonds. The van der Waals surface area contributed by atoms with E-state index in [9.17, 15) is 19.8 Å². The average molecular weight is 1040 g/mol. The van der Waals surface area contributed by atoms with Gasteiger partial charge in [0.25, 0.3) is 0 Å². The minimum Gasteiger partial charge on any atom is -0.493 e.